The van der Waals surface area contributed by atoms with Gasteiger partial charge in [-0.25, -0.2) is 9.97 Å². The van der Waals surface area contributed by atoms with E-state index >= 15 is 0 Å². The van der Waals surface area contributed by atoms with Crippen molar-refractivity contribution < 1.29 is 0 Å². The van der Waals surface area contributed by atoms with Gasteiger partial charge in [-0.1, -0.05) is 6.07 Å². The van der Waals surface area contributed by atoms with Crippen molar-refractivity contribution in [1.29, 1.82) is 0 Å². The van der Waals surface area contributed by atoms with Gasteiger partial charge < -0.3 is 5.73 Å². The monoisotopic (exact) mass is 258 g/mol. The molecule has 0 aliphatic rings. The molecule has 0 aliphatic heterocycles. The largest absolute Gasteiger partial charge is 0.375 e. The van der Waals surface area contributed by atoms with Gasteiger partial charge in [0, 0.05) is 11.6 Å². The number of nitrogens with two attached hydrogens (primary N) is 1. The standard InChI is InChI=1S/C11H10N6S/c12-11-14-7(6-18-11)5-9-15-10(17-16-9)8-3-1-2-4-13-8/h1-4,6H,5H2,(H2,12,14)(H,15,16,17). The lowest BCUT2D eigenvalue weighted by molar-refractivity contribution is 0.952. The molecule has 3 heterocycles. The van der Waals surface area contributed by atoms with E-state index in [1.54, 1.807) is 6.20 Å². The quantitative estimate of drug-likeness (QED) is 0.742. The third kappa shape index (κ3) is 2.21. The molecule has 0 atom stereocenters. The summed E-state index contributed by atoms with van der Waals surface area (Å²) in [5, 5.41) is 9.50. The fourth-order valence-corrected chi connectivity index (χ4v) is 2.12. The highest BCUT2D eigenvalue weighted by molar-refractivity contribution is 7.13. The number of thiazole rings is 1. The number of anilines is 1. The zero-order chi connectivity index (χ0) is 12.4. The van der Waals surface area contributed by atoms with Crippen LogP contribution in [0.1, 0.15) is 11.5 Å². The molecule has 6 nitrogen and oxygen atoms in total. The molecule has 0 radical (unpaired) electrons. The fourth-order valence-electron chi connectivity index (χ4n) is 1.56. The first-order chi connectivity index (χ1) is 8.81. The van der Waals surface area contributed by atoms with Crippen molar-refractivity contribution >= 4 is 16.5 Å². The zero-order valence-electron chi connectivity index (χ0n) is 9.37. The van der Waals surface area contributed by atoms with Gasteiger partial charge in [0.1, 0.15) is 11.5 Å². The number of hydrogen-bond donors (Lipinski definition) is 2. The van der Waals surface area contributed by atoms with Gasteiger partial charge in [0.05, 0.1) is 12.1 Å². The van der Waals surface area contributed by atoms with Crippen LogP contribution in [-0.2, 0) is 6.42 Å². The Morgan fingerprint density at radius 3 is 2.94 bits per heavy atom. The first-order valence-corrected chi connectivity index (χ1v) is 6.22. The van der Waals surface area contributed by atoms with Crippen molar-refractivity contribution in [3.8, 4) is 11.5 Å². The molecular formula is C11H10N6S. The van der Waals surface area contributed by atoms with Gasteiger partial charge in [-0.2, -0.15) is 5.10 Å². The lowest BCUT2D eigenvalue weighted by Gasteiger charge is -1.91. The molecule has 0 bridgehead atoms. The van der Waals surface area contributed by atoms with Crippen molar-refractivity contribution in [1.82, 2.24) is 25.1 Å². The number of aromatic nitrogens is 5. The van der Waals surface area contributed by atoms with Gasteiger partial charge in [-0.3, -0.25) is 10.1 Å². The van der Waals surface area contributed by atoms with Crippen molar-refractivity contribution in [3.05, 3.63) is 41.3 Å². The summed E-state index contributed by atoms with van der Waals surface area (Å²) < 4.78 is 0. The first-order valence-electron chi connectivity index (χ1n) is 5.34. The summed E-state index contributed by atoms with van der Waals surface area (Å²) in [6.45, 7) is 0. The maximum absolute atomic E-state index is 5.58. The van der Waals surface area contributed by atoms with Gasteiger partial charge in [-0.05, 0) is 12.1 Å². The highest BCUT2D eigenvalue weighted by Gasteiger charge is 2.08. The molecule has 0 fully saturated rings. The number of rotatable bonds is 3. The van der Waals surface area contributed by atoms with Gasteiger partial charge >= 0.3 is 0 Å². The number of aromatic amines is 1. The lowest BCUT2D eigenvalue weighted by Crippen LogP contribution is -1.92. The number of H-pyrrole nitrogens is 1. The third-order valence-corrected chi connectivity index (χ3v) is 3.07. The molecular weight excluding hydrogens is 248 g/mol. The second-order valence-electron chi connectivity index (χ2n) is 3.67. The Hall–Kier alpha value is -2.28. The zero-order valence-corrected chi connectivity index (χ0v) is 10.2. The normalized spacial score (nSPS) is 10.7. The van der Waals surface area contributed by atoms with Crippen molar-refractivity contribution in [3.63, 3.8) is 0 Å². The fraction of sp³-hybridized carbons (Fsp3) is 0.0909. The Labute approximate surface area is 107 Å². The number of nitrogens with one attached hydrogen (secondary N) is 1. The van der Waals surface area contributed by atoms with E-state index in [1.165, 1.54) is 11.3 Å². The Morgan fingerprint density at radius 2 is 2.22 bits per heavy atom. The topological polar surface area (TPSA) is 93.4 Å². The summed E-state index contributed by atoms with van der Waals surface area (Å²) in [6.07, 6.45) is 2.31. The van der Waals surface area contributed by atoms with E-state index in [1.807, 2.05) is 23.6 Å². The van der Waals surface area contributed by atoms with E-state index in [-0.39, 0.29) is 0 Å². The molecule has 90 valence electrons. The van der Waals surface area contributed by atoms with Gasteiger partial charge in [0.25, 0.3) is 0 Å². The Bertz CT molecular complexity index is 644. The minimum Gasteiger partial charge on any atom is -0.375 e. The smallest absolute Gasteiger partial charge is 0.199 e. The van der Waals surface area contributed by atoms with E-state index in [0.29, 0.717) is 17.4 Å². The minimum absolute atomic E-state index is 0.564. The van der Waals surface area contributed by atoms with Crippen molar-refractivity contribution in [2.24, 2.45) is 0 Å². The first kappa shape index (κ1) is 10.8. The minimum atomic E-state index is 0.564. The molecule has 0 spiro atoms. The number of nitrogens with zero attached hydrogens (tertiary/aromatic N) is 4. The summed E-state index contributed by atoms with van der Waals surface area (Å²) in [7, 11) is 0. The molecule has 3 aromatic rings. The van der Waals surface area contributed by atoms with E-state index < -0.39 is 0 Å². The van der Waals surface area contributed by atoms with Crippen molar-refractivity contribution in [2.75, 3.05) is 5.73 Å². The average Bonchev–Trinajstić information content (AvgIpc) is 3.01. The van der Waals surface area contributed by atoms with Crippen LogP contribution in [0.3, 0.4) is 0 Å². The van der Waals surface area contributed by atoms with Crippen LogP contribution in [-0.4, -0.2) is 25.1 Å². The van der Waals surface area contributed by atoms with Crippen LogP contribution in [0.5, 0.6) is 0 Å². The van der Waals surface area contributed by atoms with E-state index in [0.717, 1.165) is 17.2 Å². The molecule has 0 unspecified atom stereocenters. The van der Waals surface area contributed by atoms with E-state index in [9.17, 15) is 0 Å². The van der Waals surface area contributed by atoms with Crippen LogP contribution in [0, 0.1) is 0 Å². The van der Waals surface area contributed by atoms with Gasteiger partial charge in [0.15, 0.2) is 11.0 Å². The molecule has 3 aromatic heterocycles. The summed E-state index contributed by atoms with van der Waals surface area (Å²) >= 11 is 1.42. The lowest BCUT2D eigenvalue weighted by atomic mass is 10.3. The maximum atomic E-state index is 5.58. The second-order valence-corrected chi connectivity index (χ2v) is 4.56. The van der Waals surface area contributed by atoms with Crippen LogP contribution in [0.15, 0.2) is 29.8 Å². The molecule has 7 heteroatoms. The van der Waals surface area contributed by atoms with Crippen LogP contribution >= 0.6 is 11.3 Å². The molecule has 18 heavy (non-hydrogen) atoms. The predicted molar refractivity (Wildman–Crippen MR) is 68.9 cm³/mol. The summed E-state index contributed by atoms with van der Waals surface area (Å²) in [5.41, 5.74) is 7.22. The molecule has 0 aromatic carbocycles. The summed E-state index contributed by atoms with van der Waals surface area (Å²) in [6, 6.07) is 5.63. The van der Waals surface area contributed by atoms with Crippen molar-refractivity contribution in [2.45, 2.75) is 6.42 Å². The van der Waals surface area contributed by atoms with Crippen LogP contribution in [0.2, 0.25) is 0 Å². The maximum Gasteiger partial charge on any atom is 0.199 e. The van der Waals surface area contributed by atoms with Gasteiger partial charge in [0.2, 0.25) is 0 Å². The second kappa shape index (κ2) is 4.53. The third-order valence-electron chi connectivity index (χ3n) is 2.34. The van der Waals surface area contributed by atoms with Crippen LogP contribution in [0.4, 0.5) is 5.13 Å². The molecule has 0 amide bonds. The Kier molecular flexibility index (Phi) is 2.73. The highest BCUT2D eigenvalue weighted by atomic mass is 32.1. The SMILES string of the molecule is Nc1nc(Cc2nc(-c3ccccn3)n[nH]2)cs1. The average molecular weight is 258 g/mol. The van der Waals surface area contributed by atoms with E-state index in [4.69, 9.17) is 5.73 Å². The Morgan fingerprint density at radius 1 is 1.28 bits per heavy atom. The summed E-state index contributed by atoms with van der Waals surface area (Å²) in [5.74, 6) is 1.34. The van der Waals surface area contributed by atoms with E-state index in [2.05, 4.69) is 25.1 Å². The number of pyridine rings is 1. The molecule has 0 aliphatic carbocycles. The predicted octanol–water partition coefficient (Wildman–Crippen LogP) is 1.50. The number of nitrogen functional groups attached to an aromatic ring is 1. The van der Waals surface area contributed by atoms with Crippen LogP contribution < -0.4 is 5.73 Å². The number of hydrogen-bond acceptors (Lipinski definition) is 6. The molecule has 3 N–H and O–H groups in total. The molecule has 0 saturated carbocycles. The summed E-state index contributed by atoms with van der Waals surface area (Å²) in [4.78, 5) is 12.8. The van der Waals surface area contributed by atoms with Crippen LogP contribution in [0.25, 0.3) is 11.5 Å². The highest BCUT2D eigenvalue weighted by Crippen LogP contribution is 2.15. The Balaban J connectivity index is 1.82. The molecule has 3 rings (SSSR count). The van der Waals surface area contributed by atoms with Gasteiger partial charge in [-0.15, -0.1) is 11.3 Å². The molecule has 0 saturated heterocycles.